The fourth-order valence-corrected chi connectivity index (χ4v) is 2.09. The van der Waals surface area contributed by atoms with E-state index in [0.29, 0.717) is 18.8 Å². The lowest BCUT2D eigenvalue weighted by Gasteiger charge is -2.16. The van der Waals surface area contributed by atoms with Crippen molar-refractivity contribution in [3.8, 4) is 0 Å². The third kappa shape index (κ3) is 3.45. The number of carboxylic acids is 1. The normalized spacial score (nSPS) is 18.1. The van der Waals surface area contributed by atoms with E-state index in [1.807, 2.05) is 0 Å². The van der Waals surface area contributed by atoms with E-state index in [2.05, 4.69) is 10.3 Å². The number of rotatable bonds is 4. The van der Waals surface area contributed by atoms with Crippen LogP contribution in [0.5, 0.6) is 0 Å². The Morgan fingerprint density at radius 3 is 3.05 bits per heavy atom. The molecule has 0 saturated carbocycles. The van der Waals surface area contributed by atoms with Gasteiger partial charge in [0.2, 0.25) is 0 Å². The minimum Gasteiger partial charge on any atom is -0.478 e. The molecule has 1 fully saturated rings. The van der Waals surface area contributed by atoms with E-state index in [9.17, 15) is 9.59 Å². The second kappa shape index (κ2) is 6.33. The number of carbonyl (C=O) groups excluding carboxylic acids is 1. The highest BCUT2D eigenvalue weighted by atomic mass is 16.5. The number of likely N-dealkylation sites (tertiary alicyclic amines) is 1. The van der Waals surface area contributed by atoms with Crippen molar-refractivity contribution >= 4 is 12.0 Å². The molecule has 108 valence electrons. The summed E-state index contributed by atoms with van der Waals surface area (Å²) in [5.41, 5.74) is 0.672. The second-order valence-corrected chi connectivity index (χ2v) is 4.59. The Labute approximate surface area is 116 Å². The molecule has 1 saturated heterocycles. The largest absolute Gasteiger partial charge is 0.478 e. The van der Waals surface area contributed by atoms with E-state index in [0.717, 1.165) is 6.42 Å². The Morgan fingerprint density at radius 1 is 1.60 bits per heavy atom. The number of aromatic nitrogens is 1. The van der Waals surface area contributed by atoms with Crippen molar-refractivity contribution < 1.29 is 19.4 Å². The van der Waals surface area contributed by atoms with Crippen molar-refractivity contribution in [1.29, 1.82) is 0 Å². The Bertz CT molecular complexity index is 506. The number of aromatic carboxylic acids is 1. The van der Waals surface area contributed by atoms with Gasteiger partial charge in [0, 0.05) is 26.4 Å². The minimum atomic E-state index is -1.01. The highest BCUT2D eigenvalue weighted by Gasteiger charge is 2.25. The van der Waals surface area contributed by atoms with Gasteiger partial charge in [-0.1, -0.05) is 0 Å². The van der Waals surface area contributed by atoms with Crippen LogP contribution in [0.1, 0.15) is 22.5 Å². The van der Waals surface area contributed by atoms with Gasteiger partial charge in [0.15, 0.2) is 0 Å². The number of ether oxygens (including phenoxy) is 1. The first kappa shape index (κ1) is 14.3. The molecule has 2 amide bonds. The van der Waals surface area contributed by atoms with Gasteiger partial charge in [0.1, 0.15) is 0 Å². The van der Waals surface area contributed by atoms with Crippen molar-refractivity contribution in [2.45, 2.75) is 19.1 Å². The molecule has 1 aromatic heterocycles. The number of amides is 2. The Hall–Kier alpha value is -2.15. The van der Waals surface area contributed by atoms with Crippen LogP contribution in [0.3, 0.4) is 0 Å². The lowest BCUT2D eigenvalue weighted by atomic mass is 10.2. The average Bonchev–Trinajstić information content (AvgIpc) is 2.94. The van der Waals surface area contributed by atoms with Crippen molar-refractivity contribution in [3.05, 3.63) is 29.6 Å². The first-order chi connectivity index (χ1) is 9.60. The van der Waals surface area contributed by atoms with Crippen LogP contribution in [0.15, 0.2) is 18.3 Å². The highest BCUT2D eigenvalue weighted by Crippen LogP contribution is 2.11. The lowest BCUT2D eigenvalue weighted by molar-refractivity contribution is 0.0696. The predicted octanol–water partition coefficient (Wildman–Crippen LogP) is 0.710. The number of urea groups is 1. The van der Waals surface area contributed by atoms with Crippen LogP contribution in [0, 0.1) is 0 Å². The molecular formula is C13H17N3O4. The van der Waals surface area contributed by atoms with Crippen LogP contribution in [-0.2, 0) is 11.3 Å². The molecule has 1 aliphatic heterocycles. The minimum absolute atomic E-state index is 0.0919. The smallest absolute Gasteiger partial charge is 0.335 e. The Balaban J connectivity index is 1.87. The van der Waals surface area contributed by atoms with Gasteiger partial charge in [-0.25, -0.2) is 9.59 Å². The van der Waals surface area contributed by atoms with E-state index in [4.69, 9.17) is 9.84 Å². The topological polar surface area (TPSA) is 91.8 Å². The maximum atomic E-state index is 11.9. The number of carboxylic acid groups (broad SMARTS) is 1. The maximum absolute atomic E-state index is 11.9. The molecule has 1 aliphatic rings. The second-order valence-electron chi connectivity index (χ2n) is 4.59. The fraction of sp³-hybridized carbons (Fsp3) is 0.462. The average molecular weight is 279 g/mol. The summed E-state index contributed by atoms with van der Waals surface area (Å²) in [4.78, 5) is 28.5. The number of methoxy groups -OCH3 is 1. The number of hydrogen-bond acceptors (Lipinski definition) is 4. The molecular weight excluding hydrogens is 262 g/mol. The summed E-state index contributed by atoms with van der Waals surface area (Å²) in [6.07, 6.45) is 2.34. The maximum Gasteiger partial charge on any atom is 0.335 e. The lowest BCUT2D eigenvalue weighted by Crippen LogP contribution is -2.38. The molecule has 2 rings (SSSR count). The van der Waals surface area contributed by atoms with Crippen molar-refractivity contribution in [2.24, 2.45) is 0 Å². The molecule has 0 aliphatic carbocycles. The third-order valence-corrected chi connectivity index (χ3v) is 3.25. The van der Waals surface area contributed by atoms with Gasteiger partial charge in [0.05, 0.1) is 23.9 Å². The van der Waals surface area contributed by atoms with E-state index in [1.165, 1.54) is 18.3 Å². The number of nitrogens with one attached hydrogen (secondary N) is 1. The van der Waals surface area contributed by atoms with E-state index in [-0.39, 0.29) is 24.2 Å². The number of hydrogen-bond donors (Lipinski definition) is 2. The number of carbonyl (C=O) groups is 2. The van der Waals surface area contributed by atoms with Gasteiger partial charge in [-0.05, 0) is 18.6 Å². The fourth-order valence-electron chi connectivity index (χ4n) is 2.09. The summed E-state index contributed by atoms with van der Waals surface area (Å²) in [5, 5.41) is 11.6. The molecule has 20 heavy (non-hydrogen) atoms. The number of pyridine rings is 1. The molecule has 2 N–H and O–H groups in total. The van der Waals surface area contributed by atoms with E-state index >= 15 is 0 Å². The monoisotopic (exact) mass is 279 g/mol. The van der Waals surface area contributed by atoms with Gasteiger partial charge in [0.25, 0.3) is 0 Å². The van der Waals surface area contributed by atoms with Crippen LogP contribution in [0.25, 0.3) is 0 Å². The number of nitrogens with zero attached hydrogens (tertiary/aromatic N) is 2. The SMILES string of the molecule is COC1CCN(C(=O)NCc2cc(C(=O)O)ccn2)C1. The summed E-state index contributed by atoms with van der Waals surface area (Å²) in [6.45, 7) is 1.44. The van der Waals surface area contributed by atoms with E-state index in [1.54, 1.807) is 12.0 Å². The predicted molar refractivity (Wildman–Crippen MR) is 70.4 cm³/mol. The zero-order chi connectivity index (χ0) is 14.5. The van der Waals surface area contributed by atoms with Crippen molar-refractivity contribution in [1.82, 2.24) is 15.2 Å². The summed E-state index contributed by atoms with van der Waals surface area (Å²) >= 11 is 0. The zero-order valence-corrected chi connectivity index (χ0v) is 11.2. The molecule has 1 atom stereocenters. The van der Waals surface area contributed by atoms with Gasteiger partial charge in [-0.15, -0.1) is 0 Å². The van der Waals surface area contributed by atoms with Crippen molar-refractivity contribution in [3.63, 3.8) is 0 Å². The molecule has 1 unspecified atom stereocenters. The van der Waals surface area contributed by atoms with Gasteiger partial charge in [-0.2, -0.15) is 0 Å². The van der Waals surface area contributed by atoms with Crippen LogP contribution in [-0.4, -0.2) is 53.3 Å². The molecule has 1 aromatic rings. The molecule has 0 bridgehead atoms. The first-order valence-corrected chi connectivity index (χ1v) is 6.34. The molecule has 7 nitrogen and oxygen atoms in total. The standard InChI is InChI=1S/C13H17N3O4/c1-20-11-3-5-16(8-11)13(19)15-7-10-6-9(12(17)18)2-4-14-10/h2,4,6,11H,3,5,7-8H2,1H3,(H,15,19)(H,17,18). The molecule has 2 heterocycles. The van der Waals surface area contributed by atoms with Crippen LogP contribution >= 0.6 is 0 Å². The van der Waals surface area contributed by atoms with Crippen LogP contribution < -0.4 is 5.32 Å². The quantitative estimate of drug-likeness (QED) is 0.847. The Kier molecular flexibility index (Phi) is 4.52. The molecule has 0 spiro atoms. The first-order valence-electron chi connectivity index (χ1n) is 6.34. The van der Waals surface area contributed by atoms with Crippen LogP contribution in [0.2, 0.25) is 0 Å². The summed E-state index contributed by atoms with van der Waals surface area (Å²) in [5.74, 6) is -1.01. The van der Waals surface area contributed by atoms with Gasteiger partial charge < -0.3 is 20.1 Å². The van der Waals surface area contributed by atoms with Crippen molar-refractivity contribution in [2.75, 3.05) is 20.2 Å². The van der Waals surface area contributed by atoms with Gasteiger partial charge >= 0.3 is 12.0 Å². The zero-order valence-electron chi connectivity index (χ0n) is 11.2. The third-order valence-electron chi connectivity index (χ3n) is 3.25. The summed E-state index contributed by atoms with van der Waals surface area (Å²) in [6, 6.07) is 2.68. The highest BCUT2D eigenvalue weighted by molar-refractivity contribution is 5.87. The molecule has 0 aromatic carbocycles. The summed E-state index contributed by atoms with van der Waals surface area (Å²) in [7, 11) is 1.63. The Morgan fingerprint density at radius 2 is 2.40 bits per heavy atom. The van der Waals surface area contributed by atoms with Crippen LogP contribution in [0.4, 0.5) is 4.79 Å². The van der Waals surface area contributed by atoms with E-state index < -0.39 is 5.97 Å². The van der Waals surface area contributed by atoms with Gasteiger partial charge in [-0.3, -0.25) is 4.98 Å². The summed E-state index contributed by atoms with van der Waals surface area (Å²) < 4.78 is 5.20. The molecule has 7 heteroatoms. The molecule has 0 radical (unpaired) electrons.